The van der Waals surface area contributed by atoms with E-state index in [2.05, 4.69) is 11.6 Å². The van der Waals surface area contributed by atoms with Crippen molar-refractivity contribution in [3.63, 3.8) is 0 Å². The second-order valence-electron chi connectivity index (χ2n) is 3.94. The average molecular weight is 257 g/mol. The lowest BCUT2D eigenvalue weighted by Gasteiger charge is -2.12. The van der Waals surface area contributed by atoms with Crippen LogP contribution in [0.15, 0.2) is 24.3 Å². The number of halogens is 1. The van der Waals surface area contributed by atoms with E-state index in [1.54, 1.807) is 18.2 Å². The number of hydrogen-bond acceptors (Lipinski definition) is 3. The van der Waals surface area contributed by atoms with Gasteiger partial charge in [-0.2, -0.15) is 11.8 Å². The maximum Gasteiger partial charge on any atom is 0.129 e. The van der Waals surface area contributed by atoms with Crippen LogP contribution in [-0.2, 0) is 0 Å². The summed E-state index contributed by atoms with van der Waals surface area (Å²) in [5, 5.41) is 12.9. The standard InChI is InChI=1S/C13H20FNOS/c1-17-9-5-4-8-15-10-13(16)11-6-2-3-7-12(11)14/h2-3,6-7,13,15-16H,4-5,8-10H2,1H3. The van der Waals surface area contributed by atoms with Crippen LogP contribution in [0.25, 0.3) is 0 Å². The molecule has 0 saturated carbocycles. The first kappa shape index (κ1) is 14.5. The molecule has 0 aliphatic carbocycles. The summed E-state index contributed by atoms with van der Waals surface area (Å²) in [7, 11) is 0. The molecule has 1 unspecified atom stereocenters. The molecule has 0 heterocycles. The molecule has 1 atom stereocenters. The summed E-state index contributed by atoms with van der Waals surface area (Å²) in [4.78, 5) is 0. The molecular formula is C13H20FNOS. The molecule has 0 amide bonds. The number of nitrogens with one attached hydrogen (secondary N) is 1. The van der Waals surface area contributed by atoms with Crippen molar-refractivity contribution >= 4 is 11.8 Å². The molecule has 2 N–H and O–H groups in total. The Bertz CT molecular complexity index is 322. The zero-order valence-corrected chi connectivity index (χ0v) is 11.0. The van der Waals surface area contributed by atoms with E-state index in [4.69, 9.17) is 0 Å². The number of aliphatic hydroxyl groups excluding tert-OH is 1. The topological polar surface area (TPSA) is 32.3 Å². The Kier molecular flexibility index (Phi) is 7.24. The molecule has 0 aliphatic rings. The third kappa shape index (κ3) is 5.52. The van der Waals surface area contributed by atoms with Crippen molar-refractivity contribution < 1.29 is 9.50 Å². The minimum atomic E-state index is -0.767. The van der Waals surface area contributed by atoms with Gasteiger partial charge >= 0.3 is 0 Å². The predicted molar refractivity (Wildman–Crippen MR) is 71.8 cm³/mol. The number of aliphatic hydroxyl groups is 1. The first-order chi connectivity index (χ1) is 8.25. The maximum atomic E-state index is 13.3. The predicted octanol–water partition coefficient (Wildman–Crippen LogP) is 2.59. The van der Waals surface area contributed by atoms with Crippen LogP contribution in [0.3, 0.4) is 0 Å². The van der Waals surface area contributed by atoms with Gasteiger partial charge in [-0.15, -0.1) is 0 Å². The number of thioether (sulfide) groups is 1. The van der Waals surface area contributed by atoms with Crippen LogP contribution in [0.1, 0.15) is 24.5 Å². The zero-order chi connectivity index (χ0) is 12.5. The van der Waals surface area contributed by atoms with E-state index in [-0.39, 0.29) is 5.82 Å². The quantitative estimate of drug-likeness (QED) is 0.702. The summed E-state index contributed by atoms with van der Waals surface area (Å²) in [5.74, 6) is 0.821. The van der Waals surface area contributed by atoms with Gasteiger partial charge in [0.2, 0.25) is 0 Å². The highest BCUT2D eigenvalue weighted by molar-refractivity contribution is 7.98. The Morgan fingerprint density at radius 3 is 2.82 bits per heavy atom. The zero-order valence-electron chi connectivity index (χ0n) is 10.2. The molecule has 96 valence electrons. The first-order valence-corrected chi connectivity index (χ1v) is 7.27. The van der Waals surface area contributed by atoms with Crippen LogP contribution in [0.2, 0.25) is 0 Å². The molecule has 1 aromatic carbocycles. The van der Waals surface area contributed by atoms with Crippen molar-refractivity contribution in [2.24, 2.45) is 0 Å². The van der Waals surface area contributed by atoms with Crippen molar-refractivity contribution in [2.45, 2.75) is 18.9 Å². The van der Waals surface area contributed by atoms with Gasteiger partial charge in [-0.05, 0) is 37.5 Å². The summed E-state index contributed by atoms with van der Waals surface area (Å²) in [6.07, 6.45) is 3.58. The SMILES string of the molecule is CSCCCCNCC(O)c1ccccc1F. The number of rotatable bonds is 8. The summed E-state index contributed by atoms with van der Waals surface area (Å²) < 4.78 is 13.3. The van der Waals surface area contributed by atoms with E-state index in [9.17, 15) is 9.50 Å². The van der Waals surface area contributed by atoms with Crippen molar-refractivity contribution in [1.29, 1.82) is 0 Å². The van der Waals surface area contributed by atoms with Gasteiger partial charge in [-0.25, -0.2) is 4.39 Å². The third-order valence-electron chi connectivity index (χ3n) is 2.55. The minimum Gasteiger partial charge on any atom is -0.387 e. The molecule has 0 fully saturated rings. The number of hydrogen-bond donors (Lipinski definition) is 2. The van der Waals surface area contributed by atoms with Crippen LogP contribution >= 0.6 is 11.8 Å². The molecule has 0 radical (unpaired) electrons. The molecule has 4 heteroatoms. The lowest BCUT2D eigenvalue weighted by atomic mass is 10.1. The van der Waals surface area contributed by atoms with Gasteiger partial charge in [0.05, 0.1) is 6.10 Å². The highest BCUT2D eigenvalue weighted by atomic mass is 32.2. The van der Waals surface area contributed by atoms with Gasteiger partial charge in [0.15, 0.2) is 0 Å². The Morgan fingerprint density at radius 2 is 2.12 bits per heavy atom. The lowest BCUT2D eigenvalue weighted by molar-refractivity contribution is 0.170. The molecule has 17 heavy (non-hydrogen) atoms. The molecule has 0 spiro atoms. The van der Waals surface area contributed by atoms with E-state index >= 15 is 0 Å². The van der Waals surface area contributed by atoms with Gasteiger partial charge < -0.3 is 10.4 Å². The summed E-state index contributed by atoms with van der Waals surface area (Å²) in [5.41, 5.74) is 0.365. The highest BCUT2D eigenvalue weighted by Gasteiger charge is 2.10. The number of unbranched alkanes of at least 4 members (excludes halogenated alkanes) is 1. The lowest BCUT2D eigenvalue weighted by Crippen LogP contribution is -2.23. The smallest absolute Gasteiger partial charge is 0.129 e. The fraction of sp³-hybridized carbons (Fsp3) is 0.538. The molecule has 2 nitrogen and oxygen atoms in total. The summed E-state index contributed by atoms with van der Waals surface area (Å²) >= 11 is 1.84. The summed E-state index contributed by atoms with van der Waals surface area (Å²) in [6, 6.07) is 6.36. The van der Waals surface area contributed by atoms with Crippen molar-refractivity contribution in [3.8, 4) is 0 Å². The average Bonchev–Trinajstić information content (AvgIpc) is 2.34. The first-order valence-electron chi connectivity index (χ1n) is 5.88. The second-order valence-corrected chi connectivity index (χ2v) is 4.93. The number of benzene rings is 1. The fourth-order valence-electron chi connectivity index (χ4n) is 1.59. The van der Waals surface area contributed by atoms with E-state index in [1.165, 1.54) is 12.5 Å². The Morgan fingerprint density at radius 1 is 1.35 bits per heavy atom. The van der Waals surface area contributed by atoms with E-state index < -0.39 is 6.10 Å². The third-order valence-corrected chi connectivity index (χ3v) is 3.25. The van der Waals surface area contributed by atoms with Gasteiger partial charge in [0.25, 0.3) is 0 Å². The molecule has 0 aromatic heterocycles. The van der Waals surface area contributed by atoms with Gasteiger partial charge in [-0.1, -0.05) is 18.2 Å². The molecule has 1 aromatic rings. The minimum absolute atomic E-state index is 0.343. The maximum absolute atomic E-state index is 13.3. The van der Waals surface area contributed by atoms with Crippen molar-refractivity contribution in [2.75, 3.05) is 25.1 Å². The molecule has 1 rings (SSSR count). The Labute approximate surface area is 107 Å². The Hall–Kier alpha value is -0.580. The van der Waals surface area contributed by atoms with Gasteiger partial charge in [0, 0.05) is 12.1 Å². The second kappa shape index (κ2) is 8.50. The van der Waals surface area contributed by atoms with Crippen LogP contribution in [0.5, 0.6) is 0 Å². The van der Waals surface area contributed by atoms with E-state index in [0.717, 1.165) is 18.7 Å². The van der Waals surface area contributed by atoms with Crippen LogP contribution < -0.4 is 5.32 Å². The van der Waals surface area contributed by atoms with Crippen molar-refractivity contribution in [1.82, 2.24) is 5.32 Å². The van der Waals surface area contributed by atoms with Crippen LogP contribution in [-0.4, -0.2) is 30.2 Å². The summed E-state index contributed by atoms with van der Waals surface area (Å²) in [6.45, 7) is 1.27. The van der Waals surface area contributed by atoms with Gasteiger partial charge in [0.1, 0.15) is 5.82 Å². The normalized spacial score (nSPS) is 12.6. The molecular weight excluding hydrogens is 237 g/mol. The fourth-order valence-corrected chi connectivity index (χ4v) is 2.08. The molecule has 0 aliphatic heterocycles. The van der Waals surface area contributed by atoms with Crippen LogP contribution in [0.4, 0.5) is 4.39 Å². The van der Waals surface area contributed by atoms with E-state index in [1.807, 2.05) is 11.8 Å². The largest absolute Gasteiger partial charge is 0.387 e. The highest BCUT2D eigenvalue weighted by Crippen LogP contribution is 2.15. The monoisotopic (exact) mass is 257 g/mol. The molecule has 0 bridgehead atoms. The Balaban J connectivity index is 2.21. The van der Waals surface area contributed by atoms with Crippen molar-refractivity contribution in [3.05, 3.63) is 35.6 Å². The van der Waals surface area contributed by atoms with Crippen LogP contribution in [0, 0.1) is 5.82 Å². The molecule has 0 saturated heterocycles. The van der Waals surface area contributed by atoms with Gasteiger partial charge in [-0.3, -0.25) is 0 Å². The van der Waals surface area contributed by atoms with E-state index in [0.29, 0.717) is 12.1 Å².